The van der Waals surface area contributed by atoms with E-state index in [4.69, 9.17) is 0 Å². The Labute approximate surface area is 130 Å². The van der Waals surface area contributed by atoms with Crippen LogP contribution in [0.1, 0.15) is 70.2 Å². The van der Waals surface area contributed by atoms with Crippen molar-refractivity contribution in [1.82, 2.24) is 15.1 Å². The number of rotatable bonds is 7. The lowest BCUT2D eigenvalue weighted by Crippen LogP contribution is -2.39. The first-order chi connectivity index (χ1) is 10.2. The molecule has 3 heteroatoms. The molecule has 1 N–H and O–H groups in total. The molecule has 1 unspecified atom stereocenters. The third-order valence-electron chi connectivity index (χ3n) is 4.84. The Morgan fingerprint density at radius 1 is 1.24 bits per heavy atom. The van der Waals surface area contributed by atoms with Crippen LogP contribution in [0, 0.1) is 12.8 Å². The van der Waals surface area contributed by atoms with Crippen LogP contribution in [-0.2, 0) is 13.0 Å². The first-order valence-electron chi connectivity index (χ1n) is 9.01. The molecule has 0 aromatic carbocycles. The Balaban J connectivity index is 2.06. The van der Waals surface area contributed by atoms with Crippen molar-refractivity contribution in [2.75, 3.05) is 6.54 Å². The number of hydrogen-bond acceptors (Lipinski definition) is 2. The molecule has 1 atom stereocenters. The van der Waals surface area contributed by atoms with E-state index in [1.807, 2.05) is 0 Å². The van der Waals surface area contributed by atoms with E-state index in [0.717, 1.165) is 31.1 Å². The zero-order valence-corrected chi connectivity index (χ0v) is 14.2. The second-order valence-electron chi connectivity index (χ2n) is 6.61. The summed E-state index contributed by atoms with van der Waals surface area (Å²) >= 11 is 0. The zero-order valence-electron chi connectivity index (χ0n) is 14.2. The van der Waals surface area contributed by atoms with E-state index in [1.165, 1.54) is 50.6 Å². The Kier molecular flexibility index (Phi) is 6.75. The van der Waals surface area contributed by atoms with Crippen LogP contribution in [-0.4, -0.2) is 22.4 Å². The summed E-state index contributed by atoms with van der Waals surface area (Å²) in [6, 6.07) is 2.91. The molecule has 0 amide bonds. The molecule has 1 aromatic heterocycles. The molecule has 0 bridgehead atoms. The highest BCUT2D eigenvalue weighted by Crippen LogP contribution is 2.27. The highest BCUT2D eigenvalue weighted by molar-refractivity contribution is 5.11. The lowest BCUT2D eigenvalue weighted by Gasteiger charge is -2.27. The molecule has 120 valence electrons. The normalized spacial score (nSPS) is 18.6. The molecular weight excluding hydrogens is 258 g/mol. The maximum atomic E-state index is 4.62. The molecule has 1 heterocycles. The predicted molar refractivity (Wildman–Crippen MR) is 89.6 cm³/mol. The molecule has 1 aromatic rings. The molecule has 21 heavy (non-hydrogen) atoms. The Hall–Kier alpha value is -0.830. The maximum Gasteiger partial charge on any atom is 0.0596 e. The lowest BCUT2D eigenvalue weighted by atomic mass is 9.88. The van der Waals surface area contributed by atoms with Gasteiger partial charge in [0.25, 0.3) is 0 Å². The van der Waals surface area contributed by atoms with Crippen molar-refractivity contribution < 1.29 is 0 Å². The highest BCUT2D eigenvalue weighted by Gasteiger charge is 2.23. The Morgan fingerprint density at radius 2 is 1.95 bits per heavy atom. The first-order valence-corrected chi connectivity index (χ1v) is 9.01. The van der Waals surface area contributed by atoms with Crippen molar-refractivity contribution >= 4 is 0 Å². The lowest BCUT2D eigenvalue weighted by molar-refractivity contribution is 0.312. The standard InChI is InChI=1S/C18H33N3/c1-4-12-19-18(16-10-8-6-7-9-11-16)14-17-13-15(3)20-21(17)5-2/h13,16,18-19H,4-12,14H2,1-3H3. The van der Waals surface area contributed by atoms with Crippen LogP contribution in [0.2, 0.25) is 0 Å². The van der Waals surface area contributed by atoms with E-state index in [1.54, 1.807) is 0 Å². The molecule has 1 fully saturated rings. The molecule has 3 nitrogen and oxygen atoms in total. The molecule has 1 saturated carbocycles. The van der Waals surface area contributed by atoms with Gasteiger partial charge in [-0.15, -0.1) is 0 Å². The van der Waals surface area contributed by atoms with Crippen LogP contribution in [0.25, 0.3) is 0 Å². The molecule has 1 aliphatic carbocycles. The van der Waals surface area contributed by atoms with Gasteiger partial charge in [-0.1, -0.05) is 32.6 Å². The van der Waals surface area contributed by atoms with E-state index >= 15 is 0 Å². The van der Waals surface area contributed by atoms with Gasteiger partial charge in [-0.3, -0.25) is 4.68 Å². The average Bonchev–Trinajstić information content (AvgIpc) is 2.69. The molecule has 1 aliphatic rings. The average molecular weight is 291 g/mol. The minimum absolute atomic E-state index is 0.629. The van der Waals surface area contributed by atoms with Crippen molar-refractivity contribution in [2.24, 2.45) is 5.92 Å². The van der Waals surface area contributed by atoms with Gasteiger partial charge in [0.15, 0.2) is 0 Å². The SMILES string of the molecule is CCCNC(Cc1cc(C)nn1CC)C1CCCCCC1. The summed E-state index contributed by atoms with van der Waals surface area (Å²) in [6.07, 6.45) is 10.9. The zero-order chi connectivity index (χ0) is 15.1. The van der Waals surface area contributed by atoms with Crippen LogP contribution in [0.5, 0.6) is 0 Å². The van der Waals surface area contributed by atoms with Crippen LogP contribution in [0.4, 0.5) is 0 Å². The number of nitrogens with zero attached hydrogens (tertiary/aromatic N) is 2. The van der Waals surface area contributed by atoms with E-state index in [2.05, 4.69) is 41.9 Å². The fourth-order valence-electron chi connectivity index (χ4n) is 3.71. The van der Waals surface area contributed by atoms with Gasteiger partial charge in [0.05, 0.1) is 5.69 Å². The Morgan fingerprint density at radius 3 is 2.57 bits per heavy atom. The van der Waals surface area contributed by atoms with Gasteiger partial charge in [0, 0.05) is 24.7 Å². The minimum Gasteiger partial charge on any atom is -0.313 e. The third-order valence-corrected chi connectivity index (χ3v) is 4.84. The predicted octanol–water partition coefficient (Wildman–Crippen LogP) is 4.09. The monoisotopic (exact) mass is 291 g/mol. The van der Waals surface area contributed by atoms with Gasteiger partial charge in [0.1, 0.15) is 0 Å². The second-order valence-corrected chi connectivity index (χ2v) is 6.61. The van der Waals surface area contributed by atoms with Crippen LogP contribution in [0.15, 0.2) is 6.07 Å². The summed E-state index contributed by atoms with van der Waals surface area (Å²) in [5, 5.41) is 8.45. The molecule has 0 spiro atoms. The third kappa shape index (κ3) is 4.84. The van der Waals surface area contributed by atoms with Gasteiger partial charge in [0.2, 0.25) is 0 Å². The summed E-state index contributed by atoms with van der Waals surface area (Å²) in [5.74, 6) is 0.847. The number of hydrogen-bond donors (Lipinski definition) is 1. The van der Waals surface area contributed by atoms with Gasteiger partial charge in [-0.2, -0.15) is 5.10 Å². The fourth-order valence-corrected chi connectivity index (χ4v) is 3.71. The summed E-state index contributed by atoms with van der Waals surface area (Å²) in [7, 11) is 0. The summed E-state index contributed by atoms with van der Waals surface area (Å²) in [5.41, 5.74) is 2.56. The topological polar surface area (TPSA) is 29.9 Å². The van der Waals surface area contributed by atoms with Gasteiger partial charge >= 0.3 is 0 Å². The Bertz CT molecular complexity index is 403. The highest BCUT2D eigenvalue weighted by atomic mass is 15.3. The van der Waals surface area contributed by atoms with E-state index in [0.29, 0.717) is 6.04 Å². The van der Waals surface area contributed by atoms with Crippen molar-refractivity contribution in [2.45, 2.75) is 84.7 Å². The molecule has 0 saturated heterocycles. The number of nitrogens with one attached hydrogen (secondary N) is 1. The van der Waals surface area contributed by atoms with E-state index < -0.39 is 0 Å². The van der Waals surface area contributed by atoms with Gasteiger partial charge < -0.3 is 5.32 Å². The van der Waals surface area contributed by atoms with Crippen LogP contribution < -0.4 is 5.32 Å². The summed E-state index contributed by atoms with van der Waals surface area (Å²) < 4.78 is 2.19. The number of aryl methyl sites for hydroxylation is 2. The van der Waals surface area contributed by atoms with Crippen molar-refractivity contribution in [3.05, 3.63) is 17.5 Å². The van der Waals surface area contributed by atoms with Crippen LogP contribution >= 0.6 is 0 Å². The quantitative estimate of drug-likeness (QED) is 0.767. The van der Waals surface area contributed by atoms with Gasteiger partial charge in [-0.25, -0.2) is 0 Å². The van der Waals surface area contributed by atoms with Crippen LogP contribution in [0.3, 0.4) is 0 Å². The maximum absolute atomic E-state index is 4.62. The van der Waals surface area contributed by atoms with E-state index in [9.17, 15) is 0 Å². The first kappa shape index (κ1) is 16.5. The molecule has 2 rings (SSSR count). The smallest absolute Gasteiger partial charge is 0.0596 e. The van der Waals surface area contributed by atoms with Crippen molar-refractivity contribution in [3.63, 3.8) is 0 Å². The fraction of sp³-hybridized carbons (Fsp3) is 0.833. The summed E-state index contributed by atoms with van der Waals surface area (Å²) in [4.78, 5) is 0. The molecular formula is C18H33N3. The number of aromatic nitrogens is 2. The molecule has 0 aliphatic heterocycles. The largest absolute Gasteiger partial charge is 0.313 e. The minimum atomic E-state index is 0.629. The summed E-state index contributed by atoms with van der Waals surface area (Å²) in [6.45, 7) is 8.68. The molecule has 0 radical (unpaired) electrons. The van der Waals surface area contributed by atoms with Gasteiger partial charge in [-0.05, 0) is 51.6 Å². The van der Waals surface area contributed by atoms with Crippen molar-refractivity contribution in [3.8, 4) is 0 Å². The van der Waals surface area contributed by atoms with Crippen molar-refractivity contribution in [1.29, 1.82) is 0 Å². The second kappa shape index (κ2) is 8.57. The van der Waals surface area contributed by atoms with E-state index in [-0.39, 0.29) is 0 Å².